The SMILES string of the molecule is CC(=O)Nc1ccc(NC(=O)c2occc2COc2ccccc2)cc1C. The molecule has 1 aromatic heterocycles. The standard InChI is InChI=1S/C21H20N2O4/c1-14-12-17(8-9-19(14)22-15(2)24)23-21(25)20-16(10-11-26-20)13-27-18-6-4-3-5-7-18/h3-12H,13H2,1-2H3,(H,22,24)(H,23,25). The first-order valence-electron chi connectivity index (χ1n) is 8.47. The molecular formula is C21H20N2O4. The van der Waals surface area contributed by atoms with Crippen LogP contribution in [0.15, 0.2) is 65.3 Å². The maximum absolute atomic E-state index is 12.6. The zero-order valence-corrected chi connectivity index (χ0v) is 15.1. The molecule has 138 valence electrons. The number of amides is 2. The fourth-order valence-electron chi connectivity index (χ4n) is 2.59. The molecule has 3 aromatic rings. The van der Waals surface area contributed by atoms with Gasteiger partial charge in [0.1, 0.15) is 12.4 Å². The lowest BCUT2D eigenvalue weighted by atomic mass is 10.1. The number of ether oxygens (including phenoxy) is 1. The van der Waals surface area contributed by atoms with E-state index in [4.69, 9.17) is 9.15 Å². The first-order valence-corrected chi connectivity index (χ1v) is 8.47. The summed E-state index contributed by atoms with van der Waals surface area (Å²) in [6, 6.07) is 16.3. The highest BCUT2D eigenvalue weighted by Gasteiger charge is 2.16. The van der Waals surface area contributed by atoms with Crippen LogP contribution >= 0.6 is 0 Å². The summed E-state index contributed by atoms with van der Waals surface area (Å²) in [6.45, 7) is 3.53. The minimum absolute atomic E-state index is 0.145. The van der Waals surface area contributed by atoms with E-state index >= 15 is 0 Å². The monoisotopic (exact) mass is 364 g/mol. The van der Waals surface area contributed by atoms with Gasteiger partial charge in [-0.25, -0.2) is 0 Å². The van der Waals surface area contributed by atoms with Crippen molar-refractivity contribution in [3.8, 4) is 5.75 Å². The molecular weight excluding hydrogens is 344 g/mol. The smallest absolute Gasteiger partial charge is 0.291 e. The van der Waals surface area contributed by atoms with Crippen LogP contribution in [0.2, 0.25) is 0 Å². The maximum atomic E-state index is 12.6. The quantitative estimate of drug-likeness (QED) is 0.680. The molecule has 1 heterocycles. The summed E-state index contributed by atoms with van der Waals surface area (Å²) < 4.78 is 11.0. The van der Waals surface area contributed by atoms with Gasteiger partial charge in [-0.15, -0.1) is 0 Å². The van der Waals surface area contributed by atoms with Crippen LogP contribution in [0.5, 0.6) is 5.75 Å². The van der Waals surface area contributed by atoms with E-state index in [-0.39, 0.29) is 24.2 Å². The molecule has 2 N–H and O–H groups in total. The van der Waals surface area contributed by atoms with E-state index < -0.39 is 0 Å². The Morgan fingerprint density at radius 3 is 2.52 bits per heavy atom. The van der Waals surface area contributed by atoms with Crippen molar-refractivity contribution in [3.63, 3.8) is 0 Å². The molecule has 0 saturated heterocycles. The molecule has 0 aliphatic heterocycles. The van der Waals surface area contributed by atoms with E-state index in [0.29, 0.717) is 22.7 Å². The van der Waals surface area contributed by atoms with Gasteiger partial charge < -0.3 is 19.8 Å². The third-order valence-corrected chi connectivity index (χ3v) is 3.89. The van der Waals surface area contributed by atoms with Crippen LogP contribution in [0, 0.1) is 6.92 Å². The van der Waals surface area contributed by atoms with E-state index in [9.17, 15) is 9.59 Å². The van der Waals surface area contributed by atoms with Gasteiger partial charge in [-0.1, -0.05) is 18.2 Å². The van der Waals surface area contributed by atoms with E-state index in [0.717, 1.165) is 5.56 Å². The molecule has 2 aromatic carbocycles. The van der Waals surface area contributed by atoms with Gasteiger partial charge in [-0.05, 0) is 48.9 Å². The topological polar surface area (TPSA) is 80.6 Å². The Labute approximate surface area is 157 Å². The normalized spacial score (nSPS) is 10.3. The Kier molecular flexibility index (Phi) is 5.56. The van der Waals surface area contributed by atoms with Gasteiger partial charge in [0.2, 0.25) is 5.91 Å². The molecule has 6 nitrogen and oxygen atoms in total. The Morgan fingerprint density at radius 2 is 1.81 bits per heavy atom. The highest BCUT2D eigenvalue weighted by atomic mass is 16.5. The number of hydrogen-bond acceptors (Lipinski definition) is 4. The summed E-state index contributed by atoms with van der Waals surface area (Å²) >= 11 is 0. The van der Waals surface area contributed by atoms with Gasteiger partial charge in [-0.3, -0.25) is 9.59 Å². The van der Waals surface area contributed by atoms with Crippen molar-refractivity contribution >= 4 is 23.2 Å². The van der Waals surface area contributed by atoms with Crippen LogP contribution in [-0.2, 0) is 11.4 Å². The van der Waals surface area contributed by atoms with Gasteiger partial charge in [0, 0.05) is 23.9 Å². The Hall–Kier alpha value is -3.54. The molecule has 2 amide bonds. The summed E-state index contributed by atoms with van der Waals surface area (Å²) in [5.41, 5.74) is 2.81. The molecule has 0 unspecified atom stereocenters. The van der Waals surface area contributed by atoms with Crippen LogP contribution in [0.4, 0.5) is 11.4 Å². The lowest BCUT2D eigenvalue weighted by Gasteiger charge is -2.10. The van der Waals surface area contributed by atoms with Gasteiger partial charge in [0.25, 0.3) is 5.91 Å². The zero-order chi connectivity index (χ0) is 19.2. The highest BCUT2D eigenvalue weighted by molar-refractivity contribution is 6.03. The maximum Gasteiger partial charge on any atom is 0.291 e. The average molecular weight is 364 g/mol. The third-order valence-electron chi connectivity index (χ3n) is 3.89. The van der Waals surface area contributed by atoms with E-state index in [2.05, 4.69) is 10.6 Å². The second kappa shape index (κ2) is 8.23. The largest absolute Gasteiger partial charge is 0.489 e. The molecule has 3 rings (SSSR count). The number of carbonyl (C=O) groups is 2. The van der Waals surface area contributed by atoms with Gasteiger partial charge in [0.15, 0.2) is 5.76 Å². The Balaban J connectivity index is 1.67. The number of para-hydroxylation sites is 1. The second-order valence-electron chi connectivity index (χ2n) is 6.04. The summed E-state index contributed by atoms with van der Waals surface area (Å²) in [4.78, 5) is 23.7. The molecule has 0 bridgehead atoms. The zero-order valence-electron chi connectivity index (χ0n) is 15.1. The van der Waals surface area contributed by atoms with Crippen molar-refractivity contribution in [1.29, 1.82) is 0 Å². The highest BCUT2D eigenvalue weighted by Crippen LogP contribution is 2.21. The molecule has 0 aliphatic carbocycles. The lowest BCUT2D eigenvalue weighted by molar-refractivity contribution is -0.114. The van der Waals surface area contributed by atoms with Gasteiger partial charge in [-0.2, -0.15) is 0 Å². The van der Waals surface area contributed by atoms with Crippen LogP contribution in [0.25, 0.3) is 0 Å². The number of benzene rings is 2. The van der Waals surface area contributed by atoms with Crippen molar-refractivity contribution in [2.75, 3.05) is 10.6 Å². The molecule has 0 radical (unpaired) electrons. The second-order valence-corrected chi connectivity index (χ2v) is 6.04. The van der Waals surface area contributed by atoms with Crippen molar-refractivity contribution in [3.05, 3.63) is 77.7 Å². The van der Waals surface area contributed by atoms with E-state index in [1.54, 1.807) is 24.3 Å². The fraction of sp³-hybridized carbons (Fsp3) is 0.143. The fourth-order valence-corrected chi connectivity index (χ4v) is 2.59. The van der Waals surface area contributed by atoms with E-state index in [1.807, 2.05) is 37.3 Å². The predicted molar refractivity (Wildman–Crippen MR) is 103 cm³/mol. The molecule has 0 aliphatic rings. The number of aryl methyl sites for hydroxylation is 1. The number of nitrogens with one attached hydrogen (secondary N) is 2. The summed E-state index contributed by atoms with van der Waals surface area (Å²) in [5.74, 6) is 0.413. The molecule has 0 saturated carbocycles. The van der Waals surface area contributed by atoms with Crippen molar-refractivity contribution in [2.24, 2.45) is 0 Å². The number of carbonyl (C=O) groups excluding carboxylic acids is 2. The minimum atomic E-state index is -0.363. The molecule has 6 heteroatoms. The van der Waals surface area contributed by atoms with Gasteiger partial charge >= 0.3 is 0 Å². The van der Waals surface area contributed by atoms with Crippen molar-refractivity contribution < 1.29 is 18.7 Å². The average Bonchev–Trinajstić information content (AvgIpc) is 3.11. The van der Waals surface area contributed by atoms with Crippen LogP contribution in [0.1, 0.15) is 28.6 Å². The van der Waals surface area contributed by atoms with Crippen molar-refractivity contribution in [1.82, 2.24) is 0 Å². The number of furan rings is 1. The summed E-state index contributed by atoms with van der Waals surface area (Å²) in [6.07, 6.45) is 1.46. The molecule has 0 fully saturated rings. The van der Waals surface area contributed by atoms with Crippen LogP contribution in [-0.4, -0.2) is 11.8 Å². The van der Waals surface area contributed by atoms with Crippen LogP contribution < -0.4 is 15.4 Å². The first kappa shape index (κ1) is 18.3. The predicted octanol–water partition coefficient (Wildman–Crippen LogP) is 4.38. The van der Waals surface area contributed by atoms with E-state index in [1.165, 1.54) is 13.2 Å². The summed E-state index contributed by atoms with van der Waals surface area (Å²) in [7, 11) is 0. The Morgan fingerprint density at radius 1 is 1.04 bits per heavy atom. The van der Waals surface area contributed by atoms with Crippen LogP contribution in [0.3, 0.4) is 0 Å². The van der Waals surface area contributed by atoms with Crippen molar-refractivity contribution in [2.45, 2.75) is 20.5 Å². The minimum Gasteiger partial charge on any atom is -0.489 e. The Bertz CT molecular complexity index is 948. The number of hydrogen-bond donors (Lipinski definition) is 2. The lowest BCUT2D eigenvalue weighted by Crippen LogP contribution is -2.14. The summed E-state index contributed by atoms with van der Waals surface area (Å²) in [5, 5.41) is 5.54. The van der Waals surface area contributed by atoms with Gasteiger partial charge in [0.05, 0.1) is 6.26 Å². The molecule has 0 atom stereocenters. The first-order chi connectivity index (χ1) is 13.0. The third kappa shape index (κ3) is 4.76. The molecule has 0 spiro atoms. The number of rotatable bonds is 6. The number of anilines is 2. The molecule has 27 heavy (non-hydrogen) atoms.